The zero-order valence-electron chi connectivity index (χ0n) is 7.37. The van der Waals surface area contributed by atoms with Gasteiger partial charge in [0.05, 0.1) is 11.4 Å². The van der Waals surface area contributed by atoms with Crippen LogP contribution in [0.5, 0.6) is 0 Å². The Morgan fingerprint density at radius 2 is 2.46 bits per heavy atom. The number of aromatic carboxylic acids is 1. The number of hydrogen-bond acceptors (Lipinski definition) is 3. The van der Waals surface area contributed by atoms with E-state index in [0.717, 1.165) is 25.1 Å². The molecule has 1 aromatic rings. The second-order valence-corrected chi connectivity index (χ2v) is 3.13. The van der Waals surface area contributed by atoms with Gasteiger partial charge in [-0.05, 0) is 12.8 Å². The van der Waals surface area contributed by atoms with E-state index in [0.29, 0.717) is 5.69 Å². The summed E-state index contributed by atoms with van der Waals surface area (Å²) in [5.41, 5.74) is 1.82. The molecule has 0 atom stereocenters. The highest BCUT2D eigenvalue weighted by atomic mass is 16.4. The molecule has 0 aromatic carbocycles. The Balaban J connectivity index is 2.53. The lowest BCUT2D eigenvalue weighted by molar-refractivity contribution is 0.0690. The Labute approximate surface area is 75.4 Å². The van der Waals surface area contributed by atoms with E-state index in [9.17, 15) is 4.79 Å². The average molecular weight is 181 g/mol. The van der Waals surface area contributed by atoms with Crippen molar-refractivity contribution in [3.05, 3.63) is 11.4 Å². The minimum Gasteiger partial charge on any atom is -0.476 e. The van der Waals surface area contributed by atoms with Crippen LogP contribution in [-0.4, -0.2) is 27.4 Å². The van der Waals surface area contributed by atoms with Gasteiger partial charge in [-0.1, -0.05) is 0 Å². The molecule has 0 amide bonds. The lowest BCUT2D eigenvalue weighted by Gasteiger charge is -2.14. The number of hydrogen-bond donors (Lipinski definition) is 2. The van der Waals surface area contributed by atoms with Gasteiger partial charge in [-0.3, -0.25) is 4.68 Å². The fraction of sp³-hybridized carbons (Fsp3) is 0.500. The highest BCUT2D eigenvalue weighted by molar-refractivity contribution is 5.92. The van der Waals surface area contributed by atoms with Gasteiger partial charge in [0, 0.05) is 13.6 Å². The summed E-state index contributed by atoms with van der Waals surface area (Å²) >= 11 is 0. The molecule has 0 unspecified atom stereocenters. The summed E-state index contributed by atoms with van der Waals surface area (Å²) < 4.78 is 1.64. The molecule has 1 aliphatic rings. The molecule has 0 fully saturated rings. The van der Waals surface area contributed by atoms with Crippen molar-refractivity contribution in [1.29, 1.82) is 0 Å². The van der Waals surface area contributed by atoms with Crippen LogP contribution in [0.3, 0.4) is 0 Å². The normalized spacial score (nSPS) is 14.8. The molecule has 2 rings (SSSR count). The van der Waals surface area contributed by atoms with Gasteiger partial charge in [-0.25, -0.2) is 4.79 Å². The van der Waals surface area contributed by atoms with Crippen LogP contribution in [0.15, 0.2) is 0 Å². The van der Waals surface area contributed by atoms with E-state index >= 15 is 0 Å². The summed E-state index contributed by atoms with van der Waals surface area (Å²) in [6.07, 6.45) is 1.94. The average Bonchev–Trinajstić information content (AvgIpc) is 2.45. The van der Waals surface area contributed by atoms with Crippen LogP contribution in [0.4, 0.5) is 5.69 Å². The largest absolute Gasteiger partial charge is 0.476 e. The first kappa shape index (κ1) is 8.10. The van der Waals surface area contributed by atoms with Gasteiger partial charge >= 0.3 is 5.97 Å². The Kier molecular flexibility index (Phi) is 1.72. The number of carbonyl (C=O) groups is 1. The predicted molar refractivity (Wildman–Crippen MR) is 47.0 cm³/mol. The minimum atomic E-state index is -0.966. The first-order valence-electron chi connectivity index (χ1n) is 4.23. The van der Waals surface area contributed by atoms with E-state index in [-0.39, 0.29) is 5.69 Å². The molecule has 5 nitrogen and oxygen atoms in total. The highest BCUT2D eigenvalue weighted by Crippen LogP contribution is 2.24. The molecular formula is C8H11N3O2. The third kappa shape index (κ3) is 1.16. The second-order valence-electron chi connectivity index (χ2n) is 3.13. The summed E-state index contributed by atoms with van der Waals surface area (Å²) in [4.78, 5) is 10.8. The number of anilines is 1. The topological polar surface area (TPSA) is 67.2 Å². The first-order chi connectivity index (χ1) is 6.20. The van der Waals surface area contributed by atoms with Crippen LogP contribution in [0.1, 0.15) is 22.6 Å². The van der Waals surface area contributed by atoms with E-state index < -0.39 is 5.97 Å². The van der Waals surface area contributed by atoms with Gasteiger partial charge in [0.2, 0.25) is 0 Å². The summed E-state index contributed by atoms with van der Waals surface area (Å²) in [5, 5.41) is 15.9. The molecule has 2 N–H and O–H groups in total. The molecule has 2 heterocycles. The summed E-state index contributed by atoms with van der Waals surface area (Å²) in [7, 11) is 1.78. The number of aryl methyl sites for hydroxylation is 1. The van der Waals surface area contributed by atoms with Gasteiger partial charge in [0.1, 0.15) is 0 Å². The molecule has 1 aliphatic heterocycles. The van der Waals surface area contributed by atoms with Crippen molar-refractivity contribution >= 4 is 11.7 Å². The summed E-state index contributed by atoms with van der Waals surface area (Å²) in [6, 6.07) is 0. The lowest BCUT2D eigenvalue weighted by Crippen LogP contribution is -2.14. The number of carboxylic acids is 1. The number of nitrogens with zero attached hydrogens (tertiary/aromatic N) is 2. The van der Waals surface area contributed by atoms with Gasteiger partial charge in [-0.15, -0.1) is 0 Å². The van der Waals surface area contributed by atoms with Crippen molar-refractivity contribution in [3.63, 3.8) is 0 Å². The number of nitrogens with one attached hydrogen (secondary N) is 1. The fourth-order valence-corrected chi connectivity index (χ4v) is 1.65. The van der Waals surface area contributed by atoms with Crippen molar-refractivity contribution < 1.29 is 9.90 Å². The van der Waals surface area contributed by atoms with E-state index in [1.54, 1.807) is 11.7 Å². The van der Waals surface area contributed by atoms with E-state index in [1.807, 2.05) is 0 Å². The molecular weight excluding hydrogens is 170 g/mol. The van der Waals surface area contributed by atoms with Crippen LogP contribution in [0, 0.1) is 0 Å². The number of fused-ring (bicyclic) bond motifs is 1. The molecule has 5 heteroatoms. The van der Waals surface area contributed by atoms with Crippen LogP contribution in [0.2, 0.25) is 0 Å². The smallest absolute Gasteiger partial charge is 0.358 e. The van der Waals surface area contributed by atoms with Crippen molar-refractivity contribution in [2.75, 3.05) is 11.9 Å². The molecule has 0 radical (unpaired) electrons. The quantitative estimate of drug-likeness (QED) is 0.661. The minimum absolute atomic E-state index is 0.136. The molecule has 0 saturated carbocycles. The Bertz CT molecular complexity index is 357. The molecule has 0 aliphatic carbocycles. The van der Waals surface area contributed by atoms with E-state index in [4.69, 9.17) is 5.11 Å². The Morgan fingerprint density at radius 3 is 3.15 bits per heavy atom. The van der Waals surface area contributed by atoms with Crippen LogP contribution in [-0.2, 0) is 13.5 Å². The second kappa shape index (κ2) is 2.76. The van der Waals surface area contributed by atoms with Crippen LogP contribution in [0.25, 0.3) is 0 Å². The van der Waals surface area contributed by atoms with E-state index in [2.05, 4.69) is 10.4 Å². The maximum Gasteiger partial charge on any atom is 0.358 e. The van der Waals surface area contributed by atoms with Crippen molar-refractivity contribution in [1.82, 2.24) is 9.78 Å². The van der Waals surface area contributed by atoms with Gasteiger partial charge in [0.25, 0.3) is 0 Å². The Morgan fingerprint density at radius 1 is 1.69 bits per heavy atom. The Hall–Kier alpha value is -1.52. The number of aromatic nitrogens is 2. The number of carboxylic acid groups (broad SMARTS) is 1. The lowest BCUT2D eigenvalue weighted by atomic mass is 10.1. The summed E-state index contributed by atoms with van der Waals surface area (Å²) in [6.45, 7) is 0.832. The maximum atomic E-state index is 10.8. The first-order valence-corrected chi connectivity index (χ1v) is 4.23. The SMILES string of the molecule is Cn1nc(C(=O)O)c2c1CCCN2. The number of rotatable bonds is 1. The van der Waals surface area contributed by atoms with Crippen molar-refractivity contribution in [2.45, 2.75) is 12.8 Å². The van der Waals surface area contributed by atoms with Gasteiger partial charge in [0.15, 0.2) is 5.69 Å². The van der Waals surface area contributed by atoms with Crippen LogP contribution < -0.4 is 5.32 Å². The zero-order chi connectivity index (χ0) is 9.42. The molecule has 0 spiro atoms. The standard InChI is InChI=1S/C8H11N3O2/c1-11-5-3-2-4-9-6(5)7(10-11)8(12)13/h9H,2-4H2,1H3,(H,12,13). The van der Waals surface area contributed by atoms with E-state index in [1.165, 1.54) is 0 Å². The molecule has 1 aromatic heterocycles. The summed E-state index contributed by atoms with van der Waals surface area (Å²) in [5.74, 6) is -0.966. The molecule has 13 heavy (non-hydrogen) atoms. The third-order valence-corrected chi connectivity index (χ3v) is 2.26. The predicted octanol–water partition coefficient (Wildman–Crippen LogP) is 0.476. The highest BCUT2D eigenvalue weighted by Gasteiger charge is 2.22. The molecule has 70 valence electrons. The van der Waals surface area contributed by atoms with Crippen molar-refractivity contribution in [2.24, 2.45) is 7.05 Å². The maximum absolute atomic E-state index is 10.8. The van der Waals surface area contributed by atoms with Gasteiger partial charge < -0.3 is 10.4 Å². The fourth-order valence-electron chi connectivity index (χ4n) is 1.65. The van der Waals surface area contributed by atoms with Gasteiger partial charge in [-0.2, -0.15) is 5.10 Å². The van der Waals surface area contributed by atoms with Crippen molar-refractivity contribution in [3.8, 4) is 0 Å². The zero-order valence-corrected chi connectivity index (χ0v) is 7.37. The molecule has 0 saturated heterocycles. The monoisotopic (exact) mass is 181 g/mol. The van der Waals surface area contributed by atoms with Crippen LogP contribution >= 0.6 is 0 Å². The molecule has 0 bridgehead atoms. The third-order valence-electron chi connectivity index (χ3n) is 2.26.